The molecule has 0 aliphatic heterocycles. The summed E-state index contributed by atoms with van der Waals surface area (Å²) in [4.78, 5) is 0. The van der Waals surface area contributed by atoms with Crippen LogP contribution in [0.3, 0.4) is 0 Å². The minimum absolute atomic E-state index is 0.141. The molecule has 0 bridgehead atoms. The third kappa shape index (κ3) is 3.86. The summed E-state index contributed by atoms with van der Waals surface area (Å²) in [5.41, 5.74) is 12.3. The molecule has 0 atom stereocenters. The summed E-state index contributed by atoms with van der Waals surface area (Å²) >= 11 is 1.95. The predicted octanol–water partition coefficient (Wildman–Crippen LogP) is 15.1. The SMILES string of the molecule is CC1(C)c2ccccc2-c2cc(-c3c4ccccc4c(-c4ccc5oc6ccccc6c5c4)c4ccccc34)c3sc4ccc5ccccc5c4c3c21. The highest BCUT2D eigenvalue weighted by molar-refractivity contribution is 7.26. The fraction of sp³-hybridized carbons (Fsp3) is 0.0588. The molecule has 0 spiro atoms. The van der Waals surface area contributed by atoms with Gasteiger partial charge in [0.15, 0.2) is 0 Å². The lowest BCUT2D eigenvalue weighted by Gasteiger charge is -2.24. The Kier molecular flexibility index (Phi) is 5.78. The van der Waals surface area contributed by atoms with Crippen molar-refractivity contribution in [3.63, 3.8) is 0 Å². The lowest BCUT2D eigenvalue weighted by molar-refractivity contribution is 0.667. The molecule has 0 unspecified atom stereocenters. The van der Waals surface area contributed by atoms with Crippen molar-refractivity contribution < 1.29 is 4.42 Å². The molecule has 1 aliphatic rings. The van der Waals surface area contributed by atoms with Gasteiger partial charge in [-0.3, -0.25) is 0 Å². The lowest BCUT2D eigenvalue weighted by Crippen LogP contribution is -2.15. The van der Waals surface area contributed by atoms with Gasteiger partial charge in [0.05, 0.1) is 0 Å². The van der Waals surface area contributed by atoms with E-state index in [4.69, 9.17) is 4.42 Å². The number of hydrogen-bond donors (Lipinski definition) is 0. The molecule has 9 aromatic carbocycles. The van der Waals surface area contributed by atoms with Crippen LogP contribution in [0, 0.1) is 0 Å². The van der Waals surface area contributed by atoms with E-state index >= 15 is 0 Å². The second-order valence-electron chi connectivity index (χ2n) is 15.1. The van der Waals surface area contributed by atoms with Crippen LogP contribution in [0.5, 0.6) is 0 Å². The fourth-order valence-corrected chi connectivity index (χ4v) is 11.0. The van der Waals surface area contributed by atoms with E-state index in [1.165, 1.54) is 97.0 Å². The van der Waals surface area contributed by atoms with Crippen molar-refractivity contribution in [1.29, 1.82) is 0 Å². The molecule has 2 heteroatoms. The van der Waals surface area contributed by atoms with Crippen molar-refractivity contribution >= 4 is 85.8 Å². The first-order chi connectivity index (χ1) is 26.1. The van der Waals surface area contributed by atoms with Crippen LogP contribution in [-0.4, -0.2) is 0 Å². The quantitative estimate of drug-likeness (QED) is 0.164. The first-order valence-corrected chi connectivity index (χ1v) is 19.2. The topological polar surface area (TPSA) is 13.1 Å². The molecule has 0 saturated heterocycles. The Morgan fingerprint density at radius 1 is 0.453 bits per heavy atom. The average molecular weight is 693 g/mol. The average Bonchev–Trinajstić information content (AvgIpc) is 3.84. The summed E-state index contributed by atoms with van der Waals surface area (Å²) in [6, 6.07) is 58.4. The molecule has 0 amide bonds. The number of rotatable bonds is 2. The molecule has 1 nitrogen and oxygen atoms in total. The van der Waals surface area contributed by atoms with Gasteiger partial charge in [0.25, 0.3) is 0 Å². The number of benzene rings is 9. The van der Waals surface area contributed by atoms with Crippen LogP contribution in [0.4, 0.5) is 0 Å². The molecular formula is C51H32OS. The maximum Gasteiger partial charge on any atom is 0.135 e. The highest BCUT2D eigenvalue weighted by Gasteiger charge is 2.39. The molecule has 248 valence electrons. The number of para-hydroxylation sites is 1. The molecule has 12 rings (SSSR count). The zero-order valence-electron chi connectivity index (χ0n) is 29.3. The van der Waals surface area contributed by atoms with Gasteiger partial charge in [-0.2, -0.15) is 0 Å². The molecule has 0 fully saturated rings. The van der Waals surface area contributed by atoms with Crippen molar-refractivity contribution in [2.75, 3.05) is 0 Å². The van der Waals surface area contributed by atoms with Crippen molar-refractivity contribution in [2.24, 2.45) is 0 Å². The van der Waals surface area contributed by atoms with Crippen molar-refractivity contribution in [3.8, 4) is 33.4 Å². The third-order valence-electron chi connectivity index (χ3n) is 12.0. The summed E-state index contributed by atoms with van der Waals surface area (Å²) in [6.07, 6.45) is 0. The van der Waals surface area contributed by atoms with Gasteiger partial charge in [-0.05, 0) is 102 Å². The minimum atomic E-state index is -0.141. The van der Waals surface area contributed by atoms with Crippen LogP contribution in [0.25, 0.3) is 108 Å². The van der Waals surface area contributed by atoms with Crippen LogP contribution in [0.15, 0.2) is 162 Å². The number of hydrogen-bond acceptors (Lipinski definition) is 2. The van der Waals surface area contributed by atoms with E-state index in [1.54, 1.807) is 0 Å². The highest BCUT2D eigenvalue weighted by Crippen LogP contribution is 2.58. The monoisotopic (exact) mass is 692 g/mol. The van der Waals surface area contributed by atoms with E-state index in [9.17, 15) is 0 Å². The largest absolute Gasteiger partial charge is 0.456 e. The second kappa shape index (κ2) is 10.4. The van der Waals surface area contributed by atoms with Crippen LogP contribution >= 0.6 is 11.3 Å². The maximum atomic E-state index is 6.27. The summed E-state index contributed by atoms with van der Waals surface area (Å²) in [6.45, 7) is 4.84. The van der Waals surface area contributed by atoms with E-state index in [1.807, 2.05) is 17.4 Å². The van der Waals surface area contributed by atoms with Gasteiger partial charge in [-0.15, -0.1) is 11.3 Å². The van der Waals surface area contributed by atoms with Gasteiger partial charge < -0.3 is 4.42 Å². The summed E-state index contributed by atoms with van der Waals surface area (Å²) in [5.74, 6) is 0. The Balaban J connectivity index is 1.26. The highest BCUT2D eigenvalue weighted by atomic mass is 32.1. The predicted molar refractivity (Wildman–Crippen MR) is 228 cm³/mol. The Labute approximate surface area is 310 Å². The first-order valence-electron chi connectivity index (χ1n) is 18.4. The van der Waals surface area contributed by atoms with E-state index in [0.717, 1.165) is 21.9 Å². The van der Waals surface area contributed by atoms with Gasteiger partial charge in [0, 0.05) is 41.9 Å². The number of fused-ring (bicyclic) bond motifs is 14. The van der Waals surface area contributed by atoms with E-state index < -0.39 is 0 Å². The van der Waals surface area contributed by atoms with Gasteiger partial charge in [0.1, 0.15) is 11.2 Å². The molecule has 2 aromatic heterocycles. The summed E-state index contributed by atoms with van der Waals surface area (Å²) in [7, 11) is 0. The number of furan rings is 1. The van der Waals surface area contributed by atoms with E-state index in [2.05, 4.69) is 166 Å². The minimum Gasteiger partial charge on any atom is -0.456 e. The maximum absolute atomic E-state index is 6.27. The van der Waals surface area contributed by atoms with Gasteiger partial charge >= 0.3 is 0 Å². The molecule has 11 aromatic rings. The number of thiophene rings is 1. The van der Waals surface area contributed by atoms with Crippen LogP contribution in [-0.2, 0) is 5.41 Å². The molecular weight excluding hydrogens is 661 g/mol. The van der Waals surface area contributed by atoms with Gasteiger partial charge in [0.2, 0.25) is 0 Å². The Hall–Kier alpha value is -6.22. The zero-order valence-corrected chi connectivity index (χ0v) is 30.1. The first kappa shape index (κ1) is 29.4. The Morgan fingerprint density at radius 3 is 1.85 bits per heavy atom. The standard InChI is InChI=1S/C51H32OS/c1-51(2)41-21-11-9-15-32(41)39-28-40(50-48(49(39)51)47-31-14-4-3-13-29(31)24-26-44(47)53-50)46-36-19-7-5-17-34(36)45(35-18-6-8-20-37(35)46)30-23-25-43-38(27-30)33-16-10-12-22-42(33)52-43/h3-28H,1-2H3. The van der Waals surface area contributed by atoms with Gasteiger partial charge in [-0.1, -0.05) is 141 Å². The van der Waals surface area contributed by atoms with Crippen LogP contribution < -0.4 is 0 Å². The molecule has 2 heterocycles. The van der Waals surface area contributed by atoms with E-state index in [-0.39, 0.29) is 5.41 Å². The second-order valence-corrected chi connectivity index (χ2v) is 16.2. The van der Waals surface area contributed by atoms with E-state index in [0.29, 0.717) is 0 Å². The third-order valence-corrected chi connectivity index (χ3v) is 13.2. The fourth-order valence-electron chi connectivity index (χ4n) is 9.77. The molecule has 0 radical (unpaired) electrons. The summed E-state index contributed by atoms with van der Waals surface area (Å²) in [5, 5.41) is 12.8. The molecule has 0 N–H and O–H groups in total. The molecule has 1 aliphatic carbocycles. The van der Waals surface area contributed by atoms with Crippen LogP contribution in [0.1, 0.15) is 25.0 Å². The Morgan fingerprint density at radius 2 is 1.08 bits per heavy atom. The Bertz CT molecular complexity index is 3320. The molecule has 0 saturated carbocycles. The van der Waals surface area contributed by atoms with Crippen molar-refractivity contribution in [3.05, 3.63) is 169 Å². The van der Waals surface area contributed by atoms with Crippen molar-refractivity contribution in [2.45, 2.75) is 19.3 Å². The smallest absolute Gasteiger partial charge is 0.135 e. The van der Waals surface area contributed by atoms with Gasteiger partial charge in [-0.25, -0.2) is 0 Å². The van der Waals surface area contributed by atoms with Crippen molar-refractivity contribution in [1.82, 2.24) is 0 Å². The lowest BCUT2D eigenvalue weighted by atomic mass is 9.79. The van der Waals surface area contributed by atoms with Crippen LogP contribution in [0.2, 0.25) is 0 Å². The summed E-state index contributed by atoms with van der Waals surface area (Å²) < 4.78 is 8.97. The molecule has 53 heavy (non-hydrogen) atoms. The normalized spacial score (nSPS) is 13.6. The zero-order chi connectivity index (χ0) is 35.0.